The van der Waals surface area contributed by atoms with Gasteiger partial charge in [-0.2, -0.15) is 0 Å². The number of ether oxygens (including phenoxy) is 2. The van der Waals surface area contributed by atoms with E-state index in [9.17, 15) is 4.39 Å². The molecule has 0 atom stereocenters. The van der Waals surface area contributed by atoms with E-state index >= 15 is 0 Å². The number of hydrogen-bond acceptors (Lipinski definition) is 4. The van der Waals surface area contributed by atoms with Gasteiger partial charge in [0, 0.05) is 18.2 Å². The molecule has 88 valence electrons. The highest BCUT2D eigenvalue weighted by molar-refractivity contribution is 5.47. The van der Waals surface area contributed by atoms with Gasteiger partial charge >= 0.3 is 0 Å². The minimum atomic E-state index is -0.412. The van der Waals surface area contributed by atoms with E-state index in [-0.39, 0.29) is 12.6 Å². The van der Waals surface area contributed by atoms with Crippen LogP contribution < -0.4 is 15.0 Å². The average Bonchev–Trinajstić information content (AvgIpc) is 3.05. The van der Waals surface area contributed by atoms with Crippen LogP contribution in [-0.4, -0.2) is 18.4 Å². The maximum Gasteiger partial charge on any atom is 0.166 e. The minimum Gasteiger partial charge on any atom is -0.493 e. The summed E-state index contributed by atoms with van der Waals surface area (Å²) >= 11 is 0. The molecule has 0 amide bonds. The van der Waals surface area contributed by atoms with E-state index in [0.29, 0.717) is 17.1 Å². The Labute approximate surface area is 92.9 Å². The van der Waals surface area contributed by atoms with E-state index < -0.39 is 5.82 Å². The summed E-state index contributed by atoms with van der Waals surface area (Å²) in [7, 11) is 1.46. The first-order chi connectivity index (χ1) is 7.74. The lowest BCUT2D eigenvalue weighted by atomic mass is 10.2. The Morgan fingerprint density at radius 3 is 2.81 bits per heavy atom. The number of methoxy groups -OCH3 is 1. The van der Waals surface area contributed by atoms with Crippen LogP contribution in [-0.2, 0) is 6.54 Å². The number of nitrogens with one attached hydrogen (secondary N) is 1. The summed E-state index contributed by atoms with van der Waals surface area (Å²) in [5.74, 6) is 0.454. The summed E-state index contributed by atoms with van der Waals surface area (Å²) in [6.07, 6.45) is 2.20. The number of halogens is 1. The Bertz CT molecular complexity index is 380. The molecule has 5 heteroatoms. The van der Waals surface area contributed by atoms with Crippen molar-refractivity contribution in [3.8, 4) is 11.5 Å². The molecule has 0 heterocycles. The molecule has 4 nitrogen and oxygen atoms in total. The van der Waals surface area contributed by atoms with Gasteiger partial charge in [-0.3, -0.25) is 0 Å². The van der Waals surface area contributed by atoms with E-state index in [0.717, 1.165) is 12.8 Å². The molecule has 2 N–H and O–H groups in total. The zero-order valence-corrected chi connectivity index (χ0v) is 9.00. The van der Waals surface area contributed by atoms with Crippen molar-refractivity contribution in [3.05, 3.63) is 23.5 Å². The van der Waals surface area contributed by atoms with Gasteiger partial charge < -0.3 is 14.7 Å². The van der Waals surface area contributed by atoms with Gasteiger partial charge in [0.1, 0.15) is 5.82 Å². The van der Waals surface area contributed by atoms with E-state index in [1.165, 1.54) is 19.2 Å². The van der Waals surface area contributed by atoms with Gasteiger partial charge in [-0.15, -0.1) is 0 Å². The molecule has 1 aromatic rings. The molecule has 2 rings (SSSR count). The summed E-state index contributed by atoms with van der Waals surface area (Å²) in [6, 6.07) is 2.60. The molecule has 0 aliphatic heterocycles. The predicted octanol–water partition coefficient (Wildman–Crippen LogP) is 1.85. The van der Waals surface area contributed by atoms with Crippen molar-refractivity contribution in [2.75, 3.05) is 7.11 Å². The van der Waals surface area contributed by atoms with Crippen LogP contribution in [0.5, 0.6) is 11.5 Å². The quantitative estimate of drug-likeness (QED) is 0.754. The lowest BCUT2D eigenvalue weighted by Gasteiger charge is -2.14. The van der Waals surface area contributed by atoms with E-state index in [4.69, 9.17) is 14.7 Å². The van der Waals surface area contributed by atoms with Crippen molar-refractivity contribution in [1.29, 1.82) is 0 Å². The van der Waals surface area contributed by atoms with Gasteiger partial charge in [0.25, 0.3) is 0 Å². The second-order valence-corrected chi connectivity index (χ2v) is 3.75. The summed E-state index contributed by atoms with van der Waals surface area (Å²) in [4.78, 5) is 0. The highest BCUT2D eigenvalue weighted by Gasteiger charge is 2.26. The largest absolute Gasteiger partial charge is 0.493 e. The lowest BCUT2D eigenvalue weighted by molar-refractivity contribution is 0.158. The van der Waals surface area contributed by atoms with Crippen LogP contribution in [0, 0.1) is 5.82 Å². The second-order valence-electron chi connectivity index (χ2n) is 3.75. The van der Waals surface area contributed by atoms with Crippen LogP contribution in [0.15, 0.2) is 12.1 Å². The Balaban J connectivity index is 2.33. The molecule has 0 saturated heterocycles. The first-order valence-corrected chi connectivity index (χ1v) is 5.14. The molecule has 1 fully saturated rings. The standard InChI is InChI=1S/C11H14FNO3/c1-15-10-5-8(12)4-7(6-13-14)11(10)16-9-2-3-9/h4-5,9,13-14H,2-3,6H2,1H3. The van der Waals surface area contributed by atoms with Gasteiger partial charge in [0.15, 0.2) is 11.5 Å². The molecule has 0 aromatic heterocycles. The van der Waals surface area contributed by atoms with Crippen LogP contribution in [0.2, 0.25) is 0 Å². The van der Waals surface area contributed by atoms with Crippen LogP contribution in [0.3, 0.4) is 0 Å². The van der Waals surface area contributed by atoms with Crippen molar-refractivity contribution >= 4 is 0 Å². The Morgan fingerprint density at radius 1 is 1.50 bits per heavy atom. The van der Waals surface area contributed by atoms with Crippen LogP contribution in [0.1, 0.15) is 18.4 Å². The third-order valence-corrected chi connectivity index (χ3v) is 2.39. The number of benzene rings is 1. The molecule has 1 saturated carbocycles. The summed E-state index contributed by atoms with van der Waals surface area (Å²) < 4.78 is 23.9. The van der Waals surface area contributed by atoms with Crippen molar-refractivity contribution < 1.29 is 19.1 Å². The molecule has 1 aromatic carbocycles. The lowest BCUT2D eigenvalue weighted by Crippen LogP contribution is -2.10. The highest BCUT2D eigenvalue weighted by Crippen LogP contribution is 2.37. The molecule has 0 spiro atoms. The maximum absolute atomic E-state index is 13.2. The number of rotatable bonds is 5. The van der Waals surface area contributed by atoms with Crippen LogP contribution in [0.25, 0.3) is 0 Å². The molecule has 16 heavy (non-hydrogen) atoms. The fourth-order valence-electron chi connectivity index (χ4n) is 1.48. The van der Waals surface area contributed by atoms with Gasteiger partial charge in [0.05, 0.1) is 13.2 Å². The summed E-state index contributed by atoms with van der Waals surface area (Å²) in [5, 5.41) is 8.68. The first-order valence-electron chi connectivity index (χ1n) is 5.14. The second kappa shape index (κ2) is 4.67. The highest BCUT2D eigenvalue weighted by atomic mass is 19.1. The Kier molecular flexibility index (Phi) is 3.26. The smallest absolute Gasteiger partial charge is 0.166 e. The fourth-order valence-corrected chi connectivity index (χ4v) is 1.48. The molecule has 0 unspecified atom stereocenters. The van der Waals surface area contributed by atoms with Crippen LogP contribution >= 0.6 is 0 Å². The van der Waals surface area contributed by atoms with Crippen molar-refractivity contribution in [2.45, 2.75) is 25.5 Å². The van der Waals surface area contributed by atoms with Gasteiger partial charge in [-0.1, -0.05) is 0 Å². The van der Waals surface area contributed by atoms with E-state index in [2.05, 4.69) is 0 Å². The van der Waals surface area contributed by atoms with Gasteiger partial charge in [0.2, 0.25) is 0 Å². The summed E-state index contributed by atoms with van der Waals surface area (Å²) in [5.41, 5.74) is 2.54. The maximum atomic E-state index is 13.2. The van der Waals surface area contributed by atoms with Crippen molar-refractivity contribution in [2.24, 2.45) is 0 Å². The van der Waals surface area contributed by atoms with E-state index in [1.807, 2.05) is 5.48 Å². The number of hydroxylamine groups is 1. The topological polar surface area (TPSA) is 50.7 Å². The average molecular weight is 227 g/mol. The molecular formula is C11H14FNO3. The number of hydrogen-bond donors (Lipinski definition) is 2. The predicted molar refractivity (Wildman–Crippen MR) is 55.2 cm³/mol. The Hall–Kier alpha value is -1.33. The minimum absolute atomic E-state index is 0.121. The third-order valence-electron chi connectivity index (χ3n) is 2.39. The normalized spacial score (nSPS) is 14.9. The Morgan fingerprint density at radius 2 is 2.25 bits per heavy atom. The van der Waals surface area contributed by atoms with Gasteiger partial charge in [-0.25, -0.2) is 9.87 Å². The zero-order chi connectivity index (χ0) is 11.5. The summed E-state index contributed by atoms with van der Waals surface area (Å²) in [6.45, 7) is 0.121. The molecule has 1 aliphatic carbocycles. The fraction of sp³-hybridized carbons (Fsp3) is 0.455. The monoisotopic (exact) mass is 227 g/mol. The van der Waals surface area contributed by atoms with Crippen molar-refractivity contribution in [3.63, 3.8) is 0 Å². The molecule has 1 aliphatic rings. The van der Waals surface area contributed by atoms with Gasteiger partial charge in [-0.05, 0) is 18.9 Å². The molecule has 0 bridgehead atoms. The molecular weight excluding hydrogens is 213 g/mol. The van der Waals surface area contributed by atoms with E-state index in [1.54, 1.807) is 0 Å². The first kappa shape index (κ1) is 11.2. The van der Waals surface area contributed by atoms with Crippen molar-refractivity contribution in [1.82, 2.24) is 5.48 Å². The van der Waals surface area contributed by atoms with Crippen LogP contribution in [0.4, 0.5) is 4.39 Å². The SMILES string of the molecule is COc1cc(F)cc(CNO)c1OC1CC1. The zero-order valence-electron chi connectivity index (χ0n) is 9.00. The molecule has 0 radical (unpaired) electrons. The third kappa shape index (κ3) is 2.43.